The highest BCUT2D eigenvalue weighted by molar-refractivity contribution is 4.69. The first-order valence-electron chi connectivity index (χ1n) is 2.56. The van der Waals surface area contributed by atoms with E-state index in [0.29, 0.717) is 12.6 Å². The molecule has 0 aromatic heterocycles. The van der Waals surface area contributed by atoms with Gasteiger partial charge in [-0.1, -0.05) is 5.11 Å². The van der Waals surface area contributed by atoms with E-state index in [2.05, 4.69) is 10.0 Å². The summed E-state index contributed by atoms with van der Waals surface area (Å²) in [5.74, 6) is 0. The van der Waals surface area contributed by atoms with Gasteiger partial charge >= 0.3 is 0 Å². The summed E-state index contributed by atoms with van der Waals surface area (Å²) in [5, 5.41) is 3.35. The number of nitrogens with zero attached hydrogens (tertiary/aromatic N) is 3. The number of epoxide rings is 1. The third kappa shape index (κ3) is 1.82. The van der Waals surface area contributed by atoms with Gasteiger partial charge in [0.15, 0.2) is 0 Å². The van der Waals surface area contributed by atoms with E-state index in [-0.39, 0.29) is 0 Å². The first-order valence-corrected chi connectivity index (χ1v) is 2.56. The van der Waals surface area contributed by atoms with Crippen LogP contribution in [0.1, 0.15) is 6.42 Å². The molecule has 0 unspecified atom stereocenters. The summed E-state index contributed by atoms with van der Waals surface area (Å²) >= 11 is 0. The molecule has 1 fully saturated rings. The zero-order valence-corrected chi connectivity index (χ0v) is 4.45. The van der Waals surface area contributed by atoms with E-state index in [0.717, 1.165) is 13.0 Å². The number of azide groups is 1. The molecule has 1 rings (SSSR count). The Morgan fingerprint density at radius 1 is 1.88 bits per heavy atom. The molecule has 1 heterocycles. The Bertz CT molecular complexity index is 114. The summed E-state index contributed by atoms with van der Waals surface area (Å²) in [6.07, 6.45) is 1.27. The normalized spacial score (nSPS) is 24.2. The maximum Gasteiger partial charge on any atom is 0.0811 e. The van der Waals surface area contributed by atoms with E-state index >= 15 is 0 Å². The highest BCUT2D eigenvalue weighted by Crippen LogP contribution is 2.12. The maximum atomic E-state index is 7.82. The van der Waals surface area contributed by atoms with Crippen molar-refractivity contribution in [3.8, 4) is 0 Å². The Labute approximate surface area is 47.1 Å². The van der Waals surface area contributed by atoms with Crippen LogP contribution in [0.5, 0.6) is 0 Å². The predicted octanol–water partition coefficient (Wildman–Crippen LogP) is 1.09. The van der Waals surface area contributed by atoms with E-state index in [1.165, 1.54) is 0 Å². The Balaban J connectivity index is 1.95. The van der Waals surface area contributed by atoms with Gasteiger partial charge < -0.3 is 4.74 Å². The fraction of sp³-hybridized carbons (Fsp3) is 1.00. The van der Waals surface area contributed by atoms with Gasteiger partial charge in [0.1, 0.15) is 0 Å². The summed E-state index contributed by atoms with van der Waals surface area (Å²) < 4.78 is 4.87. The molecular weight excluding hydrogens is 106 g/mol. The fourth-order valence-corrected chi connectivity index (χ4v) is 0.481. The Hall–Kier alpha value is -0.730. The number of hydrogen-bond donors (Lipinski definition) is 0. The van der Waals surface area contributed by atoms with Crippen LogP contribution in [0, 0.1) is 0 Å². The topological polar surface area (TPSA) is 61.3 Å². The lowest BCUT2D eigenvalue weighted by molar-refractivity contribution is 0.399. The molecule has 4 heteroatoms. The molecule has 44 valence electrons. The lowest BCUT2D eigenvalue weighted by Crippen LogP contribution is -1.86. The van der Waals surface area contributed by atoms with E-state index in [9.17, 15) is 0 Å². The lowest BCUT2D eigenvalue weighted by Gasteiger charge is -1.81. The summed E-state index contributed by atoms with van der Waals surface area (Å²) in [5.41, 5.74) is 7.82. The maximum absolute atomic E-state index is 7.82. The Kier molecular flexibility index (Phi) is 1.72. The molecule has 0 spiro atoms. The highest BCUT2D eigenvalue weighted by atomic mass is 16.6. The molecule has 0 amide bonds. The van der Waals surface area contributed by atoms with Crippen LogP contribution in [0.15, 0.2) is 5.11 Å². The van der Waals surface area contributed by atoms with Crippen molar-refractivity contribution in [2.45, 2.75) is 12.5 Å². The van der Waals surface area contributed by atoms with Crippen LogP contribution >= 0.6 is 0 Å². The van der Waals surface area contributed by atoms with Gasteiger partial charge in [-0.2, -0.15) is 0 Å². The second-order valence-corrected chi connectivity index (χ2v) is 1.70. The quantitative estimate of drug-likeness (QED) is 0.234. The second kappa shape index (κ2) is 2.55. The van der Waals surface area contributed by atoms with Crippen LogP contribution in [-0.2, 0) is 4.74 Å². The minimum Gasteiger partial charge on any atom is -0.373 e. The summed E-state index contributed by atoms with van der Waals surface area (Å²) in [6.45, 7) is 1.42. The van der Waals surface area contributed by atoms with Gasteiger partial charge in [-0.15, -0.1) is 0 Å². The molecule has 0 radical (unpaired) electrons. The first kappa shape index (κ1) is 5.41. The molecule has 1 atom stereocenters. The zero-order valence-electron chi connectivity index (χ0n) is 4.45. The SMILES string of the molecule is [N-]=[N+]=NCC[C@@H]1CO1. The number of ether oxygens (including phenoxy) is 1. The molecular formula is C4H7N3O. The highest BCUT2D eigenvalue weighted by Gasteiger charge is 2.20. The van der Waals surface area contributed by atoms with Gasteiger partial charge in [-0.25, -0.2) is 0 Å². The van der Waals surface area contributed by atoms with Crippen LogP contribution < -0.4 is 0 Å². The lowest BCUT2D eigenvalue weighted by atomic mass is 10.3. The Morgan fingerprint density at radius 2 is 2.62 bits per heavy atom. The van der Waals surface area contributed by atoms with Crippen LogP contribution in [0.4, 0.5) is 0 Å². The van der Waals surface area contributed by atoms with Gasteiger partial charge in [-0.3, -0.25) is 0 Å². The van der Waals surface area contributed by atoms with E-state index in [1.54, 1.807) is 0 Å². The van der Waals surface area contributed by atoms with Crippen molar-refractivity contribution in [1.82, 2.24) is 0 Å². The molecule has 0 saturated carbocycles. The van der Waals surface area contributed by atoms with Gasteiger partial charge in [0.05, 0.1) is 12.7 Å². The average molecular weight is 113 g/mol. The van der Waals surface area contributed by atoms with Crippen molar-refractivity contribution in [2.24, 2.45) is 5.11 Å². The van der Waals surface area contributed by atoms with Crippen molar-refractivity contribution in [1.29, 1.82) is 0 Å². The fourth-order valence-electron chi connectivity index (χ4n) is 0.481. The number of hydrogen-bond acceptors (Lipinski definition) is 2. The molecule has 1 aliphatic rings. The van der Waals surface area contributed by atoms with E-state index < -0.39 is 0 Å². The molecule has 0 aromatic rings. The van der Waals surface area contributed by atoms with Crippen molar-refractivity contribution in [2.75, 3.05) is 13.2 Å². The standard InChI is InChI=1S/C4H7N3O/c5-7-6-2-1-4-3-8-4/h4H,1-3H2/t4-/m1/s1. The third-order valence-electron chi connectivity index (χ3n) is 1.02. The van der Waals surface area contributed by atoms with Crippen molar-refractivity contribution >= 4 is 0 Å². The molecule has 4 nitrogen and oxygen atoms in total. The minimum absolute atomic E-state index is 0.389. The van der Waals surface area contributed by atoms with Crippen LogP contribution in [-0.4, -0.2) is 19.3 Å². The monoisotopic (exact) mass is 113 g/mol. The molecule has 0 aromatic carbocycles. The molecule has 1 aliphatic heterocycles. The Morgan fingerprint density at radius 3 is 3.12 bits per heavy atom. The van der Waals surface area contributed by atoms with Gasteiger partial charge in [-0.05, 0) is 12.0 Å². The smallest absolute Gasteiger partial charge is 0.0811 e. The van der Waals surface area contributed by atoms with Crippen molar-refractivity contribution < 1.29 is 4.74 Å². The third-order valence-corrected chi connectivity index (χ3v) is 1.02. The van der Waals surface area contributed by atoms with E-state index in [4.69, 9.17) is 10.3 Å². The number of rotatable bonds is 3. The minimum atomic E-state index is 0.389. The summed E-state index contributed by atoms with van der Waals surface area (Å²) in [7, 11) is 0. The van der Waals surface area contributed by atoms with E-state index in [1.807, 2.05) is 0 Å². The summed E-state index contributed by atoms with van der Waals surface area (Å²) in [4.78, 5) is 2.60. The first-order chi connectivity index (χ1) is 3.93. The molecule has 1 saturated heterocycles. The molecule has 0 N–H and O–H groups in total. The largest absolute Gasteiger partial charge is 0.373 e. The average Bonchev–Trinajstić information content (AvgIpc) is 2.51. The van der Waals surface area contributed by atoms with Crippen molar-refractivity contribution in [3.05, 3.63) is 10.4 Å². The summed E-state index contributed by atoms with van der Waals surface area (Å²) in [6, 6.07) is 0. The van der Waals surface area contributed by atoms with Crippen molar-refractivity contribution in [3.63, 3.8) is 0 Å². The molecule has 0 bridgehead atoms. The van der Waals surface area contributed by atoms with Gasteiger partial charge in [0.2, 0.25) is 0 Å². The van der Waals surface area contributed by atoms with Crippen LogP contribution in [0.25, 0.3) is 10.4 Å². The van der Waals surface area contributed by atoms with Crippen LogP contribution in [0.2, 0.25) is 0 Å². The second-order valence-electron chi connectivity index (χ2n) is 1.70. The van der Waals surface area contributed by atoms with Gasteiger partial charge in [0, 0.05) is 11.5 Å². The van der Waals surface area contributed by atoms with Crippen LogP contribution in [0.3, 0.4) is 0 Å². The molecule has 0 aliphatic carbocycles. The zero-order chi connectivity index (χ0) is 5.82. The predicted molar refractivity (Wildman–Crippen MR) is 28.4 cm³/mol. The van der Waals surface area contributed by atoms with Gasteiger partial charge in [0.25, 0.3) is 0 Å². The molecule has 8 heavy (non-hydrogen) atoms.